The predicted octanol–water partition coefficient (Wildman–Crippen LogP) is 3.58. The fourth-order valence-corrected chi connectivity index (χ4v) is 2.19. The van der Waals surface area contributed by atoms with Crippen molar-refractivity contribution in [1.29, 1.82) is 0 Å². The highest BCUT2D eigenvalue weighted by Crippen LogP contribution is 2.18. The Balaban J connectivity index is 1.73. The average Bonchev–Trinajstić information content (AvgIpc) is 2.48. The summed E-state index contributed by atoms with van der Waals surface area (Å²) in [7, 11) is 0. The zero-order chi connectivity index (χ0) is 15.1. The molecule has 0 aliphatic rings. The highest BCUT2D eigenvalue weighted by atomic mass is 79.9. The van der Waals surface area contributed by atoms with Crippen LogP contribution in [-0.4, -0.2) is 12.5 Å². The van der Waals surface area contributed by atoms with Gasteiger partial charge in [-0.3, -0.25) is 4.79 Å². The summed E-state index contributed by atoms with van der Waals surface area (Å²) >= 11 is 3.46. The molecule has 0 aliphatic heterocycles. The number of amides is 1. The Morgan fingerprint density at radius 1 is 1.14 bits per heavy atom. The molecular formula is C16H17BrN2O2. The van der Waals surface area contributed by atoms with Crippen molar-refractivity contribution in [2.24, 2.45) is 0 Å². The molecule has 1 amide bonds. The van der Waals surface area contributed by atoms with Crippen molar-refractivity contribution in [2.75, 3.05) is 17.7 Å². The lowest BCUT2D eigenvalue weighted by atomic mass is 10.2. The molecule has 0 aliphatic carbocycles. The molecule has 0 unspecified atom stereocenters. The zero-order valence-electron chi connectivity index (χ0n) is 11.5. The van der Waals surface area contributed by atoms with Crippen LogP contribution in [0.3, 0.4) is 0 Å². The first-order valence-corrected chi connectivity index (χ1v) is 7.41. The van der Waals surface area contributed by atoms with Gasteiger partial charge in [0.25, 0.3) is 0 Å². The summed E-state index contributed by atoms with van der Waals surface area (Å²) < 4.78 is 6.52. The first-order chi connectivity index (χ1) is 10.2. The van der Waals surface area contributed by atoms with Crippen LogP contribution in [0.1, 0.15) is 12.0 Å². The molecule has 0 radical (unpaired) electrons. The number of ether oxygens (including phenoxy) is 1. The molecule has 2 aromatic rings. The van der Waals surface area contributed by atoms with Crippen LogP contribution in [0.25, 0.3) is 0 Å². The van der Waals surface area contributed by atoms with Gasteiger partial charge in [0.2, 0.25) is 5.91 Å². The number of para-hydroxylation sites is 2. The van der Waals surface area contributed by atoms with E-state index in [-0.39, 0.29) is 5.91 Å². The molecule has 0 saturated carbocycles. The molecule has 0 spiro atoms. The van der Waals surface area contributed by atoms with Crippen LogP contribution in [0.2, 0.25) is 0 Å². The second-order valence-electron chi connectivity index (χ2n) is 4.53. The van der Waals surface area contributed by atoms with Gasteiger partial charge in [0, 0.05) is 4.47 Å². The standard InChI is InChI=1S/C16H17BrN2O2/c17-13-6-2-1-5-12(13)11-21-10-9-16(20)19-15-8-4-3-7-14(15)18/h1-8H,9-11,18H2,(H,19,20). The van der Waals surface area contributed by atoms with Crippen LogP contribution < -0.4 is 11.1 Å². The minimum atomic E-state index is -0.111. The maximum Gasteiger partial charge on any atom is 0.226 e. The van der Waals surface area contributed by atoms with Gasteiger partial charge >= 0.3 is 0 Å². The molecule has 3 N–H and O–H groups in total. The molecule has 2 rings (SSSR count). The van der Waals surface area contributed by atoms with Crippen LogP contribution in [-0.2, 0) is 16.1 Å². The number of hydrogen-bond acceptors (Lipinski definition) is 3. The lowest BCUT2D eigenvalue weighted by molar-refractivity contribution is -0.117. The molecule has 5 heteroatoms. The topological polar surface area (TPSA) is 64.3 Å². The molecule has 0 aromatic heterocycles. The van der Waals surface area contributed by atoms with Gasteiger partial charge in [-0.15, -0.1) is 0 Å². The number of carbonyl (C=O) groups excluding carboxylic acids is 1. The molecule has 2 aromatic carbocycles. The summed E-state index contributed by atoms with van der Waals surface area (Å²) in [6.45, 7) is 0.835. The number of nitrogens with one attached hydrogen (secondary N) is 1. The van der Waals surface area contributed by atoms with Gasteiger partial charge in [-0.25, -0.2) is 0 Å². The van der Waals surface area contributed by atoms with Gasteiger partial charge in [-0.1, -0.05) is 46.3 Å². The van der Waals surface area contributed by atoms with E-state index in [0.29, 0.717) is 31.0 Å². The largest absolute Gasteiger partial charge is 0.397 e. The molecule has 21 heavy (non-hydrogen) atoms. The van der Waals surface area contributed by atoms with Crippen molar-refractivity contribution in [2.45, 2.75) is 13.0 Å². The Labute approximate surface area is 132 Å². The van der Waals surface area contributed by atoms with Gasteiger partial charge in [-0.05, 0) is 23.8 Å². The highest BCUT2D eigenvalue weighted by molar-refractivity contribution is 9.10. The second kappa shape index (κ2) is 7.81. The maximum atomic E-state index is 11.8. The first kappa shape index (κ1) is 15.5. The predicted molar refractivity (Wildman–Crippen MR) is 87.9 cm³/mol. The van der Waals surface area contributed by atoms with Gasteiger partial charge in [0.15, 0.2) is 0 Å². The molecule has 0 heterocycles. The normalized spacial score (nSPS) is 10.3. The fraction of sp³-hybridized carbons (Fsp3) is 0.188. The third-order valence-corrected chi connectivity index (χ3v) is 3.70. The number of nitrogen functional groups attached to an aromatic ring is 1. The Bertz CT molecular complexity index is 617. The van der Waals surface area contributed by atoms with Gasteiger partial charge < -0.3 is 15.8 Å². The molecule has 110 valence electrons. The Morgan fingerprint density at radius 3 is 2.62 bits per heavy atom. The van der Waals surface area contributed by atoms with Gasteiger partial charge in [0.05, 0.1) is 31.0 Å². The number of halogens is 1. The van der Waals surface area contributed by atoms with Gasteiger partial charge in [-0.2, -0.15) is 0 Å². The SMILES string of the molecule is Nc1ccccc1NC(=O)CCOCc1ccccc1Br. The zero-order valence-corrected chi connectivity index (χ0v) is 13.1. The number of hydrogen-bond donors (Lipinski definition) is 2. The first-order valence-electron chi connectivity index (χ1n) is 6.62. The molecular weight excluding hydrogens is 332 g/mol. The van der Waals surface area contributed by atoms with E-state index in [9.17, 15) is 4.79 Å². The monoisotopic (exact) mass is 348 g/mol. The van der Waals surface area contributed by atoms with E-state index in [2.05, 4.69) is 21.2 Å². The molecule has 4 nitrogen and oxygen atoms in total. The number of rotatable bonds is 6. The number of anilines is 2. The summed E-state index contributed by atoms with van der Waals surface area (Å²) in [5.74, 6) is -0.111. The van der Waals surface area contributed by atoms with Crippen LogP contribution in [0.4, 0.5) is 11.4 Å². The van der Waals surface area contributed by atoms with Crippen molar-refractivity contribution in [1.82, 2.24) is 0 Å². The van der Waals surface area contributed by atoms with E-state index in [1.54, 1.807) is 12.1 Å². The molecule has 0 atom stereocenters. The summed E-state index contributed by atoms with van der Waals surface area (Å²) in [6, 6.07) is 15.0. The summed E-state index contributed by atoms with van der Waals surface area (Å²) in [4.78, 5) is 11.8. The van der Waals surface area contributed by atoms with Crippen LogP contribution in [0.5, 0.6) is 0 Å². The minimum Gasteiger partial charge on any atom is -0.397 e. The smallest absolute Gasteiger partial charge is 0.226 e. The number of benzene rings is 2. The Kier molecular flexibility index (Phi) is 5.78. The van der Waals surface area contributed by atoms with Crippen molar-refractivity contribution < 1.29 is 9.53 Å². The molecule has 0 bridgehead atoms. The van der Waals surface area contributed by atoms with Crippen LogP contribution in [0, 0.1) is 0 Å². The average molecular weight is 349 g/mol. The van der Waals surface area contributed by atoms with Gasteiger partial charge in [0.1, 0.15) is 0 Å². The van der Waals surface area contributed by atoms with E-state index < -0.39 is 0 Å². The van der Waals surface area contributed by atoms with E-state index in [1.807, 2.05) is 36.4 Å². The fourth-order valence-electron chi connectivity index (χ4n) is 1.79. The van der Waals surface area contributed by atoms with Crippen molar-refractivity contribution in [3.63, 3.8) is 0 Å². The Morgan fingerprint density at radius 2 is 1.86 bits per heavy atom. The number of nitrogens with two attached hydrogens (primary N) is 1. The van der Waals surface area contributed by atoms with Crippen molar-refractivity contribution in [3.05, 3.63) is 58.6 Å². The van der Waals surface area contributed by atoms with Crippen molar-refractivity contribution >= 4 is 33.2 Å². The van der Waals surface area contributed by atoms with E-state index in [0.717, 1.165) is 10.0 Å². The molecule has 0 fully saturated rings. The second-order valence-corrected chi connectivity index (χ2v) is 5.38. The Hall–Kier alpha value is -1.85. The summed E-state index contributed by atoms with van der Waals surface area (Å²) in [5.41, 5.74) is 8.01. The maximum absolute atomic E-state index is 11.8. The lowest BCUT2D eigenvalue weighted by Gasteiger charge is -2.08. The summed E-state index contributed by atoms with van der Waals surface area (Å²) in [5, 5.41) is 2.77. The third kappa shape index (κ3) is 4.88. The number of carbonyl (C=O) groups is 1. The van der Waals surface area contributed by atoms with E-state index in [4.69, 9.17) is 10.5 Å². The van der Waals surface area contributed by atoms with Crippen LogP contribution in [0.15, 0.2) is 53.0 Å². The quantitative estimate of drug-likeness (QED) is 0.619. The molecule has 0 saturated heterocycles. The van der Waals surface area contributed by atoms with E-state index in [1.165, 1.54) is 0 Å². The lowest BCUT2D eigenvalue weighted by Crippen LogP contribution is -2.15. The summed E-state index contributed by atoms with van der Waals surface area (Å²) in [6.07, 6.45) is 0.290. The van der Waals surface area contributed by atoms with Crippen molar-refractivity contribution in [3.8, 4) is 0 Å². The van der Waals surface area contributed by atoms with E-state index >= 15 is 0 Å². The van der Waals surface area contributed by atoms with Crippen LogP contribution >= 0.6 is 15.9 Å². The third-order valence-electron chi connectivity index (χ3n) is 2.92. The highest BCUT2D eigenvalue weighted by Gasteiger charge is 2.05. The minimum absolute atomic E-state index is 0.111.